The van der Waals surface area contributed by atoms with E-state index < -0.39 is 0 Å². The van der Waals surface area contributed by atoms with E-state index in [4.69, 9.17) is 0 Å². The number of anilines is 1. The van der Waals surface area contributed by atoms with Gasteiger partial charge in [0.1, 0.15) is 11.4 Å². The fourth-order valence-electron chi connectivity index (χ4n) is 2.39. The smallest absolute Gasteiger partial charge is 0.140 e. The lowest BCUT2D eigenvalue weighted by atomic mass is 10.1. The maximum atomic E-state index is 9.84. The number of phenols is 1. The molecule has 1 aliphatic carbocycles. The predicted molar refractivity (Wildman–Crippen MR) is 72.6 cm³/mol. The number of hydrogen-bond acceptors (Lipinski definition) is 2. The molecule has 4 nitrogen and oxygen atoms in total. The second kappa shape index (κ2) is 3.98. The molecule has 0 fully saturated rings. The number of nitrogens with one attached hydrogen (secondary N) is 1. The number of aryl methyl sites for hydroxylation is 1. The summed E-state index contributed by atoms with van der Waals surface area (Å²) in [5, 5.41) is 9.84. The van der Waals surface area contributed by atoms with Crippen LogP contribution in [-0.2, 0) is 13.5 Å². The lowest BCUT2D eigenvalue weighted by Crippen LogP contribution is -2.33. The van der Waals surface area contributed by atoms with Crippen molar-refractivity contribution in [2.24, 2.45) is 7.05 Å². The molecule has 0 bridgehead atoms. The quantitative estimate of drug-likeness (QED) is 0.796. The zero-order valence-corrected chi connectivity index (χ0v) is 10.6. The van der Waals surface area contributed by atoms with E-state index in [1.54, 1.807) is 6.07 Å². The van der Waals surface area contributed by atoms with Crippen molar-refractivity contribution in [1.82, 2.24) is 9.47 Å². The lowest BCUT2D eigenvalue weighted by molar-refractivity contribution is 0.465. The molecule has 0 aliphatic heterocycles. The van der Waals surface area contributed by atoms with E-state index in [0.29, 0.717) is 0 Å². The minimum Gasteiger partial charge on any atom is -0.506 e. The van der Waals surface area contributed by atoms with E-state index in [-0.39, 0.29) is 5.75 Å². The van der Waals surface area contributed by atoms with Gasteiger partial charge in [-0.15, -0.1) is 0 Å². The topological polar surface area (TPSA) is 42.1 Å². The highest BCUT2D eigenvalue weighted by Crippen LogP contribution is 2.27. The van der Waals surface area contributed by atoms with Gasteiger partial charge in [0.05, 0.1) is 11.4 Å². The third-order valence-corrected chi connectivity index (χ3v) is 3.42. The number of fused-ring (bicyclic) bond motifs is 1. The van der Waals surface area contributed by atoms with E-state index in [0.717, 1.165) is 24.1 Å². The molecule has 4 heteroatoms. The Morgan fingerprint density at radius 1 is 1.33 bits per heavy atom. The number of nitrogens with zero attached hydrogens (tertiary/aromatic N) is 2. The van der Waals surface area contributed by atoms with E-state index >= 15 is 0 Å². The van der Waals surface area contributed by atoms with Crippen LogP contribution in [-0.4, -0.2) is 14.6 Å². The molecule has 1 aromatic heterocycles. The largest absolute Gasteiger partial charge is 0.506 e. The van der Waals surface area contributed by atoms with Crippen LogP contribution in [0.2, 0.25) is 0 Å². The summed E-state index contributed by atoms with van der Waals surface area (Å²) in [5.74, 6) is 0.267. The van der Waals surface area contributed by atoms with Gasteiger partial charge in [0.15, 0.2) is 0 Å². The third-order valence-electron chi connectivity index (χ3n) is 3.42. The minimum atomic E-state index is 0.267. The number of benzene rings is 1. The van der Waals surface area contributed by atoms with Gasteiger partial charge in [-0.3, -0.25) is 10.1 Å². The lowest BCUT2D eigenvalue weighted by Gasteiger charge is -2.30. The van der Waals surface area contributed by atoms with Crippen LogP contribution in [0.1, 0.15) is 23.4 Å². The van der Waals surface area contributed by atoms with Gasteiger partial charge >= 0.3 is 0 Å². The molecular weight excluding hydrogens is 226 g/mol. The molecule has 0 spiro atoms. The SMILES string of the molecule is Cc1ccc(O)c(Nn2c3c(n2C)CCC=C3)c1. The fraction of sp³-hybridized carbons (Fsp3) is 0.286. The van der Waals surface area contributed by atoms with Crippen molar-refractivity contribution in [3.05, 3.63) is 41.2 Å². The van der Waals surface area contributed by atoms with Gasteiger partial charge in [0, 0.05) is 7.05 Å². The molecule has 0 radical (unpaired) electrons. The second-order valence-electron chi connectivity index (χ2n) is 4.74. The van der Waals surface area contributed by atoms with Crippen molar-refractivity contribution < 1.29 is 5.11 Å². The highest BCUT2D eigenvalue weighted by atomic mass is 16.3. The van der Waals surface area contributed by atoms with Gasteiger partial charge in [0.25, 0.3) is 0 Å². The number of rotatable bonds is 2. The summed E-state index contributed by atoms with van der Waals surface area (Å²) in [6, 6.07) is 5.54. The molecule has 1 heterocycles. The Bertz CT molecular complexity index is 619. The first kappa shape index (κ1) is 11.0. The van der Waals surface area contributed by atoms with E-state index in [9.17, 15) is 5.11 Å². The summed E-state index contributed by atoms with van der Waals surface area (Å²) in [5.41, 5.74) is 7.61. The molecule has 3 rings (SSSR count). The third kappa shape index (κ3) is 1.61. The summed E-state index contributed by atoms with van der Waals surface area (Å²) in [7, 11) is 2.03. The number of allylic oxidation sites excluding steroid dienone is 1. The van der Waals surface area contributed by atoms with Crippen LogP contribution in [0.5, 0.6) is 5.75 Å². The normalized spacial score (nSPS) is 13.7. The number of hydrogen-bond donors (Lipinski definition) is 2. The van der Waals surface area contributed by atoms with E-state index in [1.165, 1.54) is 11.4 Å². The summed E-state index contributed by atoms with van der Waals surface area (Å²) < 4.78 is 2.08. The Morgan fingerprint density at radius 2 is 2.17 bits per heavy atom. The van der Waals surface area contributed by atoms with Crippen molar-refractivity contribution in [3.8, 4) is 5.75 Å². The minimum absolute atomic E-state index is 0.267. The Labute approximate surface area is 106 Å². The van der Waals surface area contributed by atoms with Gasteiger partial charge in [-0.05, 0) is 43.5 Å². The summed E-state index contributed by atoms with van der Waals surface area (Å²) >= 11 is 0. The molecule has 94 valence electrons. The summed E-state index contributed by atoms with van der Waals surface area (Å²) in [4.78, 5) is 1.96. The second-order valence-corrected chi connectivity index (χ2v) is 4.74. The molecule has 0 atom stereocenters. The van der Waals surface area contributed by atoms with Gasteiger partial charge < -0.3 is 5.11 Å². The summed E-state index contributed by atoms with van der Waals surface area (Å²) in [6.45, 7) is 2.01. The molecule has 0 saturated carbocycles. The van der Waals surface area contributed by atoms with Gasteiger partial charge in [-0.25, -0.2) is 0 Å². The number of aromatic hydroxyl groups is 1. The molecule has 0 saturated heterocycles. The highest BCUT2D eigenvalue weighted by molar-refractivity contribution is 5.59. The first-order chi connectivity index (χ1) is 8.66. The average Bonchev–Trinajstić information content (AvgIpc) is 2.39. The standard InChI is InChI=1S/C14H17N3O/c1-10-7-8-14(18)11(9-10)15-17-13-6-4-3-5-12(13)16(17)2/h4,6-9,15,18H,3,5H2,1-2H3. The number of aromatic nitrogens is 2. The molecule has 2 aromatic rings. The molecule has 1 aromatic carbocycles. The van der Waals surface area contributed by atoms with Crippen molar-refractivity contribution in [1.29, 1.82) is 0 Å². The Hall–Kier alpha value is -2.10. The van der Waals surface area contributed by atoms with Crippen molar-refractivity contribution >= 4 is 11.8 Å². The van der Waals surface area contributed by atoms with E-state index in [1.807, 2.05) is 30.9 Å². The molecule has 18 heavy (non-hydrogen) atoms. The van der Waals surface area contributed by atoms with Crippen molar-refractivity contribution in [2.75, 3.05) is 5.43 Å². The van der Waals surface area contributed by atoms with Crippen molar-refractivity contribution in [3.63, 3.8) is 0 Å². The van der Waals surface area contributed by atoms with Gasteiger partial charge in [-0.2, -0.15) is 4.79 Å². The van der Waals surface area contributed by atoms with Crippen molar-refractivity contribution in [2.45, 2.75) is 19.8 Å². The average molecular weight is 243 g/mol. The molecular formula is C14H17N3O. The zero-order valence-electron chi connectivity index (χ0n) is 10.6. The molecule has 0 amide bonds. The van der Waals surface area contributed by atoms with Crippen LogP contribution in [0.15, 0.2) is 24.3 Å². The highest BCUT2D eigenvalue weighted by Gasteiger charge is 2.19. The Morgan fingerprint density at radius 3 is 3.00 bits per heavy atom. The number of phenolic OH excluding ortho intramolecular Hbond substituents is 1. The van der Waals surface area contributed by atoms with Gasteiger partial charge in [0.2, 0.25) is 0 Å². The molecule has 0 unspecified atom stereocenters. The van der Waals surface area contributed by atoms with Crippen LogP contribution in [0.25, 0.3) is 6.08 Å². The molecule has 1 aliphatic rings. The van der Waals surface area contributed by atoms with Crippen LogP contribution in [0, 0.1) is 6.92 Å². The molecule has 2 N–H and O–H groups in total. The fourth-order valence-corrected chi connectivity index (χ4v) is 2.39. The van der Waals surface area contributed by atoms with E-state index in [2.05, 4.69) is 22.3 Å². The Balaban J connectivity index is 1.94. The monoisotopic (exact) mass is 243 g/mol. The zero-order chi connectivity index (χ0) is 12.7. The first-order valence-electron chi connectivity index (χ1n) is 6.16. The van der Waals surface area contributed by atoms with Gasteiger partial charge in [-0.1, -0.05) is 12.1 Å². The van der Waals surface area contributed by atoms with Crippen LogP contribution >= 0.6 is 0 Å². The first-order valence-corrected chi connectivity index (χ1v) is 6.16. The van der Waals surface area contributed by atoms with Crippen LogP contribution in [0.3, 0.4) is 0 Å². The predicted octanol–water partition coefficient (Wildman–Crippen LogP) is 2.68. The maximum Gasteiger partial charge on any atom is 0.140 e. The Kier molecular flexibility index (Phi) is 2.44. The van der Waals surface area contributed by atoms with Crippen LogP contribution < -0.4 is 5.43 Å². The summed E-state index contributed by atoms with van der Waals surface area (Å²) in [6.07, 6.45) is 6.49. The maximum absolute atomic E-state index is 9.84. The van der Waals surface area contributed by atoms with Crippen LogP contribution in [0.4, 0.5) is 5.69 Å².